The van der Waals surface area contributed by atoms with Crippen molar-refractivity contribution in [2.75, 3.05) is 5.32 Å². The highest BCUT2D eigenvalue weighted by molar-refractivity contribution is 6.05. The fourth-order valence-corrected chi connectivity index (χ4v) is 1.52. The zero-order valence-electron chi connectivity index (χ0n) is 10.9. The molecule has 1 aromatic heterocycles. The minimum atomic E-state index is -0.466. The van der Waals surface area contributed by atoms with Crippen molar-refractivity contribution >= 4 is 11.9 Å². The van der Waals surface area contributed by atoms with Crippen LogP contribution in [0, 0.1) is 20.8 Å². The van der Waals surface area contributed by atoms with Gasteiger partial charge in [-0.15, -0.1) is 5.10 Å². The van der Waals surface area contributed by atoms with Crippen molar-refractivity contribution in [1.82, 2.24) is 15.2 Å². The average Bonchev–Trinajstić information content (AvgIpc) is 2.37. The summed E-state index contributed by atoms with van der Waals surface area (Å²) in [4.78, 5) is 16.1. The number of nitrogens with one attached hydrogen (secondary N) is 1. The molecule has 6 nitrogen and oxygen atoms in total. The minimum absolute atomic E-state index is 0.0446. The highest BCUT2D eigenvalue weighted by Crippen LogP contribution is 2.21. The number of phenolic OH excluding ortho intramolecular Hbond substituents is 1. The van der Waals surface area contributed by atoms with Crippen molar-refractivity contribution in [2.24, 2.45) is 0 Å². The van der Waals surface area contributed by atoms with Crippen LogP contribution in [0.3, 0.4) is 0 Å². The average molecular weight is 258 g/mol. The molecule has 0 aliphatic carbocycles. The molecule has 0 saturated heterocycles. The number of amides is 1. The number of hydrogen-bond acceptors (Lipinski definition) is 5. The van der Waals surface area contributed by atoms with Gasteiger partial charge >= 0.3 is 0 Å². The van der Waals surface area contributed by atoms with Gasteiger partial charge in [-0.3, -0.25) is 10.1 Å². The second-order valence-electron chi connectivity index (χ2n) is 4.23. The molecule has 0 aliphatic heterocycles. The largest absolute Gasteiger partial charge is 0.507 e. The quantitative estimate of drug-likeness (QED) is 0.856. The third-order valence-electron chi connectivity index (χ3n) is 2.80. The van der Waals surface area contributed by atoms with Crippen LogP contribution in [-0.4, -0.2) is 26.2 Å². The molecular formula is C13H14N4O2. The van der Waals surface area contributed by atoms with E-state index in [0.29, 0.717) is 17.0 Å². The van der Waals surface area contributed by atoms with E-state index in [9.17, 15) is 9.90 Å². The Morgan fingerprint density at radius 3 is 2.58 bits per heavy atom. The Bertz CT molecular complexity index is 641. The Kier molecular flexibility index (Phi) is 3.41. The lowest BCUT2D eigenvalue weighted by atomic mass is 10.1. The van der Waals surface area contributed by atoms with E-state index in [1.54, 1.807) is 32.9 Å². The SMILES string of the molecule is Cc1cccc(C(=O)Nc2nnc(C)c(C)n2)c1O. The van der Waals surface area contributed by atoms with Crippen molar-refractivity contribution in [3.8, 4) is 5.75 Å². The first-order valence-corrected chi connectivity index (χ1v) is 5.77. The van der Waals surface area contributed by atoms with E-state index in [4.69, 9.17) is 0 Å². The van der Waals surface area contributed by atoms with Gasteiger partial charge in [0.05, 0.1) is 17.0 Å². The van der Waals surface area contributed by atoms with E-state index in [1.807, 2.05) is 0 Å². The molecule has 2 N–H and O–H groups in total. The lowest BCUT2D eigenvalue weighted by molar-refractivity contribution is 0.102. The van der Waals surface area contributed by atoms with Crippen molar-refractivity contribution in [3.05, 3.63) is 40.7 Å². The third kappa shape index (κ3) is 2.67. The maximum atomic E-state index is 12.0. The molecule has 19 heavy (non-hydrogen) atoms. The smallest absolute Gasteiger partial charge is 0.261 e. The van der Waals surface area contributed by atoms with Crippen molar-refractivity contribution in [1.29, 1.82) is 0 Å². The molecule has 0 radical (unpaired) electrons. The Balaban J connectivity index is 2.26. The van der Waals surface area contributed by atoms with E-state index in [1.165, 1.54) is 6.07 Å². The van der Waals surface area contributed by atoms with E-state index < -0.39 is 5.91 Å². The van der Waals surface area contributed by atoms with Gasteiger partial charge < -0.3 is 5.11 Å². The normalized spacial score (nSPS) is 10.3. The fourth-order valence-electron chi connectivity index (χ4n) is 1.52. The topological polar surface area (TPSA) is 88.0 Å². The number of aromatic hydroxyl groups is 1. The second-order valence-corrected chi connectivity index (χ2v) is 4.23. The predicted octanol–water partition coefficient (Wildman–Crippen LogP) is 1.75. The molecule has 0 bridgehead atoms. The number of rotatable bonds is 2. The number of anilines is 1. The summed E-state index contributed by atoms with van der Waals surface area (Å²) in [5.74, 6) is -0.392. The van der Waals surface area contributed by atoms with Crippen LogP contribution < -0.4 is 5.32 Å². The molecule has 0 atom stereocenters. The molecule has 0 unspecified atom stereocenters. The summed E-state index contributed by atoms with van der Waals surface area (Å²) < 4.78 is 0. The molecule has 1 amide bonds. The van der Waals surface area contributed by atoms with E-state index >= 15 is 0 Å². The Morgan fingerprint density at radius 2 is 1.89 bits per heavy atom. The lowest BCUT2D eigenvalue weighted by Gasteiger charge is -2.07. The van der Waals surface area contributed by atoms with Gasteiger partial charge in [-0.1, -0.05) is 12.1 Å². The predicted molar refractivity (Wildman–Crippen MR) is 70.1 cm³/mol. The number of benzene rings is 1. The maximum Gasteiger partial charge on any atom is 0.261 e. The number of nitrogens with zero attached hydrogens (tertiary/aromatic N) is 3. The number of phenols is 1. The summed E-state index contributed by atoms with van der Waals surface area (Å²) in [5.41, 5.74) is 2.21. The standard InChI is InChI=1S/C13H14N4O2/c1-7-5-4-6-10(11(7)18)12(19)15-13-14-8(2)9(3)16-17-13/h4-6,18H,1-3H3,(H,14,15,17,19). The van der Waals surface area contributed by atoms with Crippen LogP contribution in [0.4, 0.5) is 5.95 Å². The Hall–Kier alpha value is -2.50. The monoisotopic (exact) mass is 258 g/mol. The fraction of sp³-hybridized carbons (Fsp3) is 0.231. The van der Waals surface area contributed by atoms with Gasteiger partial charge in [0.2, 0.25) is 5.95 Å². The van der Waals surface area contributed by atoms with Crippen LogP contribution in [-0.2, 0) is 0 Å². The van der Waals surface area contributed by atoms with Crippen LogP contribution >= 0.6 is 0 Å². The van der Waals surface area contributed by atoms with Gasteiger partial charge in [0.25, 0.3) is 5.91 Å². The molecular weight excluding hydrogens is 244 g/mol. The van der Waals surface area contributed by atoms with Gasteiger partial charge in [-0.2, -0.15) is 5.10 Å². The summed E-state index contributed by atoms with van der Waals surface area (Å²) in [6, 6.07) is 4.95. The van der Waals surface area contributed by atoms with Crippen LogP contribution in [0.25, 0.3) is 0 Å². The minimum Gasteiger partial charge on any atom is -0.507 e. The zero-order valence-corrected chi connectivity index (χ0v) is 10.9. The number of hydrogen-bond donors (Lipinski definition) is 2. The maximum absolute atomic E-state index is 12.0. The summed E-state index contributed by atoms with van der Waals surface area (Å²) >= 11 is 0. The second kappa shape index (κ2) is 5.01. The molecule has 0 saturated carbocycles. The first-order valence-electron chi connectivity index (χ1n) is 5.77. The number of para-hydroxylation sites is 1. The number of aromatic nitrogens is 3. The summed E-state index contributed by atoms with van der Waals surface area (Å²) in [6.07, 6.45) is 0. The first-order chi connectivity index (χ1) is 8.99. The Labute approximate surface area is 110 Å². The van der Waals surface area contributed by atoms with Gasteiger partial charge in [0.1, 0.15) is 5.75 Å². The highest BCUT2D eigenvalue weighted by atomic mass is 16.3. The summed E-state index contributed by atoms with van der Waals surface area (Å²) in [7, 11) is 0. The van der Waals surface area contributed by atoms with E-state index in [0.717, 1.165) is 0 Å². The van der Waals surface area contributed by atoms with Crippen LogP contribution in [0.2, 0.25) is 0 Å². The van der Waals surface area contributed by atoms with Gasteiger partial charge in [-0.25, -0.2) is 4.98 Å². The van der Waals surface area contributed by atoms with Crippen molar-refractivity contribution < 1.29 is 9.90 Å². The van der Waals surface area contributed by atoms with Crippen LogP contribution in [0.1, 0.15) is 27.3 Å². The molecule has 1 aromatic carbocycles. The number of carbonyl (C=O) groups is 1. The van der Waals surface area contributed by atoms with Gasteiger partial charge in [-0.05, 0) is 32.4 Å². The third-order valence-corrected chi connectivity index (χ3v) is 2.80. The molecule has 2 aromatic rings. The van der Waals surface area contributed by atoms with Crippen LogP contribution in [0.5, 0.6) is 5.75 Å². The molecule has 2 rings (SSSR count). The molecule has 0 fully saturated rings. The van der Waals surface area contributed by atoms with E-state index in [-0.39, 0.29) is 17.3 Å². The van der Waals surface area contributed by atoms with Crippen LogP contribution in [0.15, 0.2) is 18.2 Å². The first kappa shape index (κ1) is 12.9. The van der Waals surface area contributed by atoms with Gasteiger partial charge in [0, 0.05) is 0 Å². The molecule has 0 spiro atoms. The summed E-state index contributed by atoms with van der Waals surface area (Å²) in [6.45, 7) is 5.29. The Morgan fingerprint density at radius 1 is 1.16 bits per heavy atom. The molecule has 98 valence electrons. The molecule has 6 heteroatoms. The number of aryl methyl sites for hydroxylation is 3. The molecule has 0 aliphatic rings. The van der Waals surface area contributed by atoms with Gasteiger partial charge in [0.15, 0.2) is 0 Å². The molecule has 1 heterocycles. The highest BCUT2D eigenvalue weighted by Gasteiger charge is 2.14. The zero-order chi connectivity index (χ0) is 14.0. The number of carbonyl (C=O) groups excluding carboxylic acids is 1. The van der Waals surface area contributed by atoms with Crippen molar-refractivity contribution in [3.63, 3.8) is 0 Å². The summed E-state index contributed by atoms with van der Waals surface area (Å²) in [5, 5.41) is 20.0. The lowest BCUT2D eigenvalue weighted by Crippen LogP contribution is -2.16. The van der Waals surface area contributed by atoms with Crippen molar-refractivity contribution in [2.45, 2.75) is 20.8 Å². The van der Waals surface area contributed by atoms with E-state index in [2.05, 4.69) is 20.5 Å².